The summed E-state index contributed by atoms with van der Waals surface area (Å²) >= 11 is 0. The van der Waals surface area contributed by atoms with Gasteiger partial charge >= 0.3 is 0 Å². The van der Waals surface area contributed by atoms with Crippen LogP contribution < -0.4 is 16.4 Å². The summed E-state index contributed by atoms with van der Waals surface area (Å²) in [5.41, 5.74) is 2.42. The lowest BCUT2D eigenvalue weighted by Gasteiger charge is -2.16. The number of nitrogens with zero attached hydrogens (tertiary/aromatic N) is 4. The second-order valence-electron chi connectivity index (χ2n) is 7.52. The molecule has 0 saturated heterocycles. The van der Waals surface area contributed by atoms with Gasteiger partial charge in [0.05, 0.1) is 17.5 Å². The van der Waals surface area contributed by atoms with Crippen LogP contribution in [0.5, 0.6) is 0 Å². The molecular weight excluding hydrogens is 380 g/mol. The molecule has 0 unspecified atom stereocenters. The van der Waals surface area contributed by atoms with Crippen molar-refractivity contribution in [1.82, 2.24) is 24.3 Å². The normalized spacial score (nSPS) is 11.3. The van der Waals surface area contributed by atoms with E-state index in [2.05, 4.69) is 10.3 Å². The minimum atomic E-state index is -0.398. The first-order valence-electron chi connectivity index (χ1n) is 9.66. The predicted octanol–water partition coefficient (Wildman–Crippen LogP) is 2.02. The molecule has 0 radical (unpaired) electrons. The summed E-state index contributed by atoms with van der Waals surface area (Å²) in [7, 11) is 0. The standard InChI is InChI=1S/C22H22N6O2/c1-13(2)25-21(29)16-10-17-20(26-19-14(3)6-5-9-27(19)22(17)30)28(18(16)23)12-15-7-4-8-24-11-15/h4-11,13,23H,12H2,1-3H3,(H,25,29). The van der Waals surface area contributed by atoms with Crippen molar-refractivity contribution in [1.29, 1.82) is 5.41 Å². The van der Waals surface area contributed by atoms with Crippen LogP contribution >= 0.6 is 0 Å². The maximum absolute atomic E-state index is 13.3. The molecule has 0 saturated carbocycles. The Labute approximate surface area is 172 Å². The number of aryl methyl sites for hydroxylation is 1. The van der Waals surface area contributed by atoms with Gasteiger partial charge in [-0.3, -0.25) is 24.4 Å². The monoisotopic (exact) mass is 402 g/mol. The van der Waals surface area contributed by atoms with Crippen LogP contribution in [0.25, 0.3) is 16.7 Å². The average molecular weight is 402 g/mol. The molecule has 0 aliphatic carbocycles. The largest absolute Gasteiger partial charge is 0.350 e. The molecule has 4 aromatic rings. The summed E-state index contributed by atoms with van der Waals surface area (Å²) in [5, 5.41) is 11.8. The number of hydrogen-bond acceptors (Lipinski definition) is 5. The van der Waals surface area contributed by atoms with Gasteiger partial charge in [-0.2, -0.15) is 0 Å². The second kappa shape index (κ2) is 7.55. The number of hydrogen-bond donors (Lipinski definition) is 2. The van der Waals surface area contributed by atoms with E-state index >= 15 is 0 Å². The van der Waals surface area contributed by atoms with Crippen LogP contribution in [-0.2, 0) is 6.54 Å². The number of nitrogens with one attached hydrogen (secondary N) is 2. The van der Waals surface area contributed by atoms with Crippen molar-refractivity contribution in [3.05, 3.63) is 81.5 Å². The number of aromatic nitrogens is 4. The molecule has 4 heterocycles. The average Bonchev–Trinajstić information content (AvgIpc) is 2.71. The lowest BCUT2D eigenvalue weighted by molar-refractivity contribution is 0.0940. The van der Waals surface area contributed by atoms with E-state index in [9.17, 15) is 9.59 Å². The van der Waals surface area contributed by atoms with E-state index in [1.54, 1.807) is 35.3 Å². The zero-order valence-corrected chi connectivity index (χ0v) is 17.0. The van der Waals surface area contributed by atoms with Crippen LogP contribution in [0.15, 0.2) is 53.7 Å². The van der Waals surface area contributed by atoms with E-state index in [-0.39, 0.29) is 34.6 Å². The molecule has 30 heavy (non-hydrogen) atoms. The predicted molar refractivity (Wildman–Crippen MR) is 113 cm³/mol. The summed E-state index contributed by atoms with van der Waals surface area (Å²) in [6, 6.07) is 8.72. The molecule has 0 atom stereocenters. The number of pyridine rings is 3. The number of rotatable bonds is 4. The van der Waals surface area contributed by atoms with E-state index in [0.29, 0.717) is 11.3 Å². The van der Waals surface area contributed by atoms with Gasteiger partial charge in [0.25, 0.3) is 11.5 Å². The molecule has 0 spiro atoms. The van der Waals surface area contributed by atoms with Gasteiger partial charge in [-0.15, -0.1) is 0 Å². The van der Waals surface area contributed by atoms with Gasteiger partial charge in [0.15, 0.2) is 0 Å². The minimum absolute atomic E-state index is 0.00524. The van der Waals surface area contributed by atoms with Crippen LogP contribution in [-0.4, -0.2) is 30.9 Å². The van der Waals surface area contributed by atoms with Gasteiger partial charge in [-0.05, 0) is 50.1 Å². The van der Waals surface area contributed by atoms with E-state index < -0.39 is 5.91 Å². The quantitative estimate of drug-likeness (QED) is 0.510. The topological polar surface area (TPSA) is 105 Å². The van der Waals surface area contributed by atoms with Gasteiger partial charge in [0.1, 0.15) is 16.8 Å². The summed E-state index contributed by atoms with van der Waals surface area (Å²) in [4.78, 5) is 34.9. The van der Waals surface area contributed by atoms with E-state index in [1.165, 1.54) is 10.5 Å². The molecule has 1 amide bonds. The second-order valence-corrected chi connectivity index (χ2v) is 7.52. The third kappa shape index (κ3) is 3.36. The number of carbonyl (C=O) groups is 1. The maximum Gasteiger partial charge on any atom is 0.267 e. The first-order chi connectivity index (χ1) is 14.4. The highest BCUT2D eigenvalue weighted by atomic mass is 16.1. The number of fused-ring (bicyclic) bond motifs is 2. The molecule has 0 aliphatic rings. The number of amides is 1. The van der Waals surface area contributed by atoms with Crippen molar-refractivity contribution in [3.63, 3.8) is 0 Å². The molecule has 152 valence electrons. The molecule has 0 fully saturated rings. The molecule has 0 bridgehead atoms. The Morgan fingerprint density at radius 2 is 2.03 bits per heavy atom. The summed E-state index contributed by atoms with van der Waals surface area (Å²) in [6.45, 7) is 5.84. The third-order valence-corrected chi connectivity index (χ3v) is 4.86. The zero-order valence-electron chi connectivity index (χ0n) is 17.0. The Bertz CT molecular complexity index is 1390. The fraction of sp³-hybridized carbons (Fsp3) is 0.227. The molecule has 4 aromatic heterocycles. The highest BCUT2D eigenvalue weighted by Gasteiger charge is 2.18. The Morgan fingerprint density at radius 1 is 1.23 bits per heavy atom. The first-order valence-corrected chi connectivity index (χ1v) is 9.66. The van der Waals surface area contributed by atoms with Gasteiger partial charge < -0.3 is 9.88 Å². The molecule has 2 N–H and O–H groups in total. The smallest absolute Gasteiger partial charge is 0.267 e. The van der Waals surface area contributed by atoms with Crippen molar-refractivity contribution in [2.45, 2.75) is 33.4 Å². The Kier molecular flexibility index (Phi) is 4.91. The van der Waals surface area contributed by atoms with E-state index in [4.69, 9.17) is 10.4 Å². The van der Waals surface area contributed by atoms with Crippen molar-refractivity contribution < 1.29 is 4.79 Å². The van der Waals surface area contributed by atoms with E-state index in [1.807, 2.05) is 32.9 Å². The fourth-order valence-electron chi connectivity index (χ4n) is 3.44. The highest BCUT2D eigenvalue weighted by Crippen LogP contribution is 2.14. The Morgan fingerprint density at radius 3 is 2.73 bits per heavy atom. The van der Waals surface area contributed by atoms with Crippen molar-refractivity contribution in [3.8, 4) is 0 Å². The van der Waals surface area contributed by atoms with Gasteiger partial charge in [0, 0.05) is 24.6 Å². The SMILES string of the molecule is Cc1cccn2c(=O)c3cc(C(=O)NC(C)C)c(=N)n(Cc4cccnc4)c3nc12. The summed E-state index contributed by atoms with van der Waals surface area (Å²) < 4.78 is 3.06. The number of carbonyl (C=O) groups excluding carboxylic acids is 1. The van der Waals surface area contributed by atoms with Crippen LogP contribution in [0, 0.1) is 12.3 Å². The summed E-state index contributed by atoms with van der Waals surface area (Å²) in [6.07, 6.45) is 5.02. The van der Waals surface area contributed by atoms with Crippen molar-refractivity contribution in [2.24, 2.45) is 0 Å². The third-order valence-electron chi connectivity index (χ3n) is 4.86. The minimum Gasteiger partial charge on any atom is -0.350 e. The molecule has 0 aromatic carbocycles. The van der Waals surface area contributed by atoms with Crippen LogP contribution in [0.2, 0.25) is 0 Å². The fourth-order valence-corrected chi connectivity index (χ4v) is 3.44. The van der Waals surface area contributed by atoms with Crippen molar-refractivity contribution in [2.75, 3.05) is 0 Å². The Hall–Kier alpha value is -3.81. The zero-order chi connectivity index (χ0) is 21.4. The highest BCUT2D eigenvalue weighted by molar-refractivity contribution is 5.97. The maximum atomic E-state index is 13.3. The molecule has 8 heteroatoms. The lowest BCUT2D eigenvalue weighted by Crippen LogP contribution is -2.37. The van der Waals surface area contributed by atoms with Crippen LogP contribution in [0.1, 0.15) is 35.3 Å². The molecule has 4 rings (SSSR count). The van der Waals surface area contributed by atoms with Crippen LogP contribution in [0.4, 0.5) is 0 Å². The van der Waals surface area contributed by atoms with E-state index in [0.717, 1.165) is 11.1 Å². The molecular formula is C22H22N6O2. The molecule has 0 aliphatic heterocycles. The van der Waals surface area contributed by atoms with Crippen LogP contribution in [0.3, 0.4) is 0 Å². The van der Waals surface area contributed by atoms with Gasteiger partial charge in [-0.1, -0.05) is 12.1 Å². The Balaban J connectivity index is 2.08. The van der Waals surface area contributed by atoms with Gasteiger partial charge in [-0.25, -0.2) is 4.98 Å². The van der Waals surface area contributed by atoms with Crippen molar-refractivity contribution >= 4 is 22.6 Å². The first kappa shape index (κ1) is 19.5. The molecule has 8 nitrogen and oxygen atoms in total. The summed E-state index contributed by atoms with van der Waals surface area (Å²) in [5.74, 6) is -0.398. The van der Waals surface area contributed by atoms with Gasteiger partial charge in [0.2, 0.25) is 0 Å². The lowest BCUT2D eigenvalue weighted by atomic mass is 10.1.